The van der Waals surface area contributed by atoms with Crippen molar-refractivity contribution >= 4 is 18.0 Å². The second-order valence-corrected chi connectivity index (χ2v) is 2.52. The van der Waals surface area contributed by atoms with E-state index in [1.807, 2.05) is 0 Å². The minimum Gasteiger partial charge on any atom is -0.244 e. The number of benzene rings is 1. The zero-order chi connectivity index (χ0) is 9.26. The van der Waals surface area contributed by atoms with Crippen molar-refractivity contribution in [3.05, 3.63) is 35.6 Å². The predicted molar refractivity (Wildman–Crippen MR) is 46.8 cm³/mol. The van der Waals surface area contributed by atoms with Gasteiger partial charge in [0.1, 0.15) is 5.82 Å². The highest BCUT2D eigenvalue weighted by Gasteiger charge is 2.13. The molecule has 3 nitrogen and oxygen atoms in total. The molecule has 2 rings (SSSR count). The standard InChI is InChI=1S/C9H5FN2O/c10-7-4-2-1-3-6(7)8-5-11-9(13)12-8/h1-5H. The molecular weight excluding hydrogens is 171 g/mol. The second kappa shape index (κ2) is 2.90. The van der Waals surface area contributed by atoms with Gasteiger partial charge in [0.15, 0.2) is 0 Å². The molecule has 0 unspecified atom stereocenters. The first-order valence-corrected chi connectivity index (χ1v) is 3.69. The van der Waals surface area contributed by atoms with Gasteiger partial charge in [0, 0.05) is 5.56 Å². The second-order valence-electron chi connectivity index (χ2n) is 2.52. The fraction of sp³-hybridized carbons (Fsp3) is 0. The third-order valence-electron chi connectivity index (χ3n) is 1.66. The molecule has 1 aliphatic rings. The highest BCUT2D eigenvalue weighted by molar-refractivity contribution is 6.43. The van der Waals surface area contributed by atoms with E-state index in [0.29, 0.717) is 5.56 Å². The summed E-state index contributed by atoms with van der Waals surface area (Å²) in [5.74, 6) is -0.401. The Bertz CT molecular complexity index is 423. The quantitative estimate of drug-likeness (QED) is 0.643. The number of amides is 2. The Labute approximate surface area is 73.6 Å². The van der Waals surface area contributed by atoms with E-state index in [1.54, 1.807) is 18.2 Å². The van der Waals surface area contributed by atoms with E-state index in [4.69, 9.17) is 0 Å². The summed E-state index contributed by atoms with van der Waals surface area (Å²) >= 11 is 0. The molecule has 0 fully saturated rings. The number of aliphatic imine (C=N–C) groups is 2. The van der Waals surface area contributed by atoms with Crippen LogP contribution in [0, 0.1) is 5.82 Å². The van der Waals surface area contributed by atoms with E-state index in [9.17, 15) is 9.18 Å². The highest BCUT2D eigenvalue weighted by atomic mass is 19.1. The lowest BCUT2D eigenvalue weighted by molar-refractivity contribution is 0.257. The summed E-state index contributed by atoms with van der Waals surface area (Å²) in [5.41, 5.74) is 0.584. The van der Waals surface area contributed by atoms with Crippen LogP contribution >= 0.6 is 0 Å². The lowest BCUT2D eigenvalue weighted by Crippen LogP contribution is -2.02. The van der Waals surface area contributed by atoms with Crippen molar-refractivity contribution in [3.63, 3.8) is 0 Å². The molecule has 1 aromatic rings. The number of halogens is 1. The van der Waals surface area contributed by atoms with Crippen LogP contribution in [0.4, 0.5) is 9.18 Å². The van der Waals surface area contributed by atoms with Crippen LogP contribution in [0.2, 0.25) is 0 Å². The average Bonchev–Trinajstić information content (AvgIpc) is 2.53. The van der Waals surface area contributed by atoms with Gasteiger partial charge in [-0.05, 0) is 12.1 Å². The predicted octanol–water partition coefficient (Wildman–Crippen LogP) is 1.82. The van der Waals surface area contributed by atoms with Crippen LogP contribution in [0.1, 0.15) is 5.56 Å². The molecule has 1 aromatic carbocycles. The van der Waals surface area contributed by atoms with Crippen molar-refractivity contribution in [3.8, 4) is 0 Å². The maximum atomic E-state index is 13.1. The fourth-order valence-electron chi connectivity index (χ4n) is 1.08. The Balaban J connectivity index is 2.48. The van der Waals surface area contributed by atoms with Crippen molar-refractivity contribution in [2.45, 2.75) is 0 Å². The molecule has 1 heterocycles. The van der Waals surface area contributed by atoms with Gasteiger partial charge < -0.3 is 0 Å². The summed E-state index contributed by atoms with van der Waals surface area (Å²) in [5, 5.41) is 0. The van der Waals surface area contributed by atoms with E-state index in [0.717, 1.165) is 0 Å². The van der Waals surface area contributed by atoms with Crippen molar-refractivity contribution in [1.82, 2.24) is 0 Å². The van der Waals surface area contributed by atoms with Gasteiger partial charge in [0.25, 0.3) is 0 Å². The highest BCUT2D eigenvalue weighted by Crippen LogP contribution is 2.09. The third-order valence-corrected chi connectivity index (χ3v) is 1.66. The lowest BCUT2D eigenvalue weighted by atomic mass is 10.1. The zero-order valence-corrected chi connectivity index (χ0v) is 6.57. The van der Waals surface area contributed by atoms with Crippen molar-refractivity contribution in [2.24, 2.45) is 9.98 Å². The molecule has 1 aliphatic heterocycles. The summed E-state index contributed by atoms with van der Waals surface area (Å²) < 4.78 is 13.1. The summed E-state index contributed by atoms with van der Waals surface area (Å²) in [6, 6.07) is 5.54. The van der Waals surface area contributed by atoms with Gasteiger partial charge >= 0.3 is 6.03 Å². The van der Waals surface area contributed by atoms with Gasteiger partial charge in [-0.1, -0.05) is 12.1 Å². The molecule has 0 saturated heterocycles. The summed E-state index contributed by atoms with van der Waals surface area (Å²) in [6.07, 6.45) is 1.26. The minimum atomic E-state index is -0.585. The van der Waals surface area contributed by atoms with Crippen LogP contribution in [0.25, 0.3) is 0 Å². The average molecular weight is 176 g/mol. The van der Waals surface area contributed by atoms with E-state index in [2.05, 4.69) is 9.98 Å². The molecule has 0 saturated carbocycles. The molecular formula is C9H5FN2O. The Morgan fingerprint density at radius 3 is 2.62 bits per heavy atom. The monoisotopic (exact) mass is 176 g/mol. The SMILES string of the molecule is O=C1N=CC(c2ccccc2F)=N1. The molecule has 64 valence electrons. The Morgan fingerprint density at radius 1 is 1.23 bits per heavy atom. The van der Waals surface area contributed by atoms with Gasteiger partial charge in [-0.25, -0.2) is 9.18 Å². The molecule has 0 aliphatic carbocycles. The Hall–Kier alpha value is -1.84. The van der Waals surface area contributed by atoms with E-state index < -0.39 is 11.8 Å². The third kappa shape index (κ3) is 1.38. The Morgan fingerprint density at radius 2 is 2.00 bits per heavy atom. The molecule has 2 amide bonds. The van der Waals surface area contributed by atoms with Crippen molar-refractivity contribution < 1.29 is 9.18 Å². The number of urea groups is 1. The van der Waals surface area contributed by atoms with Crippen LogP contribution in [-0.2, 0) is 0 Å². The van der Waals surface area contributed by atoms with E-state index in [-0.39, 0.29) is 5.71 Å². The molecule has 0 radical (unpaired) electrons. The maximum Gasteiger partial charge on any atom is 0.367 e. The van der Waals surface area contributed by atoms with Gasteiger partial charge in [-0.3, -0.25) is 0 Å². The molecule has 0 aromatic heterocycles. The molecule has 4 heteroatoms. The van der Waals surface area contributed by atoms with Crippen LogP contribution in [0.3, 0.4) is 0 Å². The molecule has 0 N–H and O–H groups in total. The fourth-order valence-corrected chi connectivity index (χ4v) is 1.08. The maximum absolute atomic E-state index is 13.1. The largest absolute Gasteiger partial charge is 0.367 e. The zero-order valence-electron chi connectivity index (χ0n) is 6.57. The van der Waals surface area contributed by atoms with Crippen LogP contribution in [0.5, 0.6) is 0 Å². The molecule has 0 spiro atoms. The number of carbonyl (C=O) groups excluding carboxylic acids is 1. The summed E-state index contributed by atoms with van der Waals surface area (Å²) in [6.45, 7) is 0. The number of carbonyl (C=O) groups is 1. The molecule has 13 heavy (non-hydrogen) atoms. The summed E-state index contributed by atoms with van der Waals surface area (Å²) in [4.78, 5) is 17.6. The lowest BCUT2D eigenvalue weighted by Gasteiger charge is -1.97. The van der Waals surface area contributed by atoms with Gasteiger partial charge in [0.05, 0.1) is 11.9 Å². The number of rotatable bonds is 1. The number of hydrogen-bond acceptors (Lipinski definition) is 1. The van der Waals surface area contributed by atoms with E-state index >= 15 is 0 Å². The first kappa shape index (κ1) is 7.79. The van der Waals surface area contributed by atoms with Gasteiger partial charge in [0.2, 0.25) is 0 Å². The normalized spacial score (nSPS) is 14.8. The first-order chi connectivity index (χ1) is 6.27. The van der Waals surface area contributed by atoms with E-state index in [1.165, 1.54) is 12.3 Å². The topological polar surface area (TPSA) is 41.8 Å². The molecule has 0 atom stereocenters. The number of hydrogen-bond donors (Lipinski definition) is 0. The van der Waals surface area contributed by atoms with Crippen LogP contribution < -0.4 is 0 Å². The summed E-state index contributed by atoms with van der Waals surface area (Å²) in [7, 11) is 0. The van der Waals surface area contributed by atoms with Crippen LogP contribution in [-0.4, -0.2) is 18.0 Å². The van der Waals surface area contributed by atoms with Gasteiger partial charge in [-0.15, -0.1) is 0 Å². The Kier molecular flexibility index (Phi) is 1.73. The van der Waals surface area contributed by atoms with Gasteiger partial charge in [-0.2, -0.15) is 9.98 Å². The number of nitrogens with zero attached hydrogens (tertiary/aromatic N) is 2. The van der Waals surface area contributed by atoms with Crippen LogP contribution in [0.15, 0.2) is 34.3 Å². The van der Waals surface area contributed by atoms with Crippen molar-refractivity contribution in [1.29, 1.82) is 0 Å². The molecule has 0 bridgehead atoms. The minimum absolute atomic E-state index is 0.281. The van der Waals surface area contributed by atoms with Crippen molar-refractivity contribution in [2.75, 3.05) is 0 Å². The smallest absolute Gasteiger partial charge is 0.244 e. The first-order valence-electron chi connectivity index (χ1n) is 3.69.